The van der Waals surface area contributed by atoms with Crippen molar-refractivity contribution in [1.82, 2.24) is 34.6 Å². The van der Waals surface area contributed by atoms with E-state index in [-0.39, 0.29) is 50.8 Å². The number of amides is 2. The summed E-state index contributed by atoms with van der Waals surface area (Å²) in [5, 5.41) is 23.3. The van der Waals surface area contributed by atoms with Crippen LogP contribution in [0, 0.1) is 5.41 Å². The zero-order valence-electron chi connectivity index (χ0n) is 23.4. The average molecular weight is 562 g/mol. The molecule has 0 aromatic carbocycles. The Kier molecular flexibility index (Phi) is 12.0. The second-order valence-corrected chi connectivity index (χ2v) is 10.5. The Morgan fingerprint density at radius 1 is 0.950 bits per heavy atom. The zero-order chi connectivity index (χ0) is 29.9. The molecule has 0 aliphatic heterocycles. The molecule has 4 N–H and O–H groups in total. The molecule has 0 fully saturated rings. The largest absolute Gasteiger partial charge is 0.481 e. The molecule has 2 aromatic rings. The lowest BCUT2D eigenvalue weighted by Gasteiger charge is -2.26. The lowest BCUT2D eigenvalue weighted by atomic mass is 9.90. The van der Waals surface area contributed by atoms with E-state index in [1.165, 1.54) is 10.8 Å². The van der Waals surface area contributed by atoms with Crippen molar-refractivity contribution in [3.8, 4) is 0 Å². The number of ketones is 1. The molecule has 0 saturated carbocycles. The molecule has 14 nitrogen and oxygen atoms in total. The van der Waals surface area contributed by atoms with E-state index in [4.69, 9.17) is 5.11 Å². The fraction of sp³-hybridized carbons (Fsp3) is 0.577. The van der Waals surface area contributed by atoms with Gasteiger partial charge in [0.1, 0.15) is 30.8 Å². The van der Waals surface area contributed by atoms with E-state index in [9.17, 15) is 29.1 Å². The minimum Gasteiger partial charge on any atom is -0.481 e. The van der Waals surface area contributed by atoms with Gasteiger partial charge in [-0.3, -0.25) is 24.1 Å². The highest BCUT2D eigenvalue weighted by Crippen LogP contribution is 2.17. The molecule has 220 valence electrons. The van der Waals surface area contributed by atoms with Crippen molar-refractivity contribution in [2.45, 2.75) is 79.2 Å². The van der Waals surface area contributed by atoms with Gasteiger partial charge in [0.2, 0.25) is 11.8 Å². The molecule has 0 bridgehead atoms. The van der Waals surface area contributed by atoms with Gasteiger partial charge in [-0.2, -0.15) is 0 Å². The van der Waals surface area contributed by atoms with Crippen LogP contribution in [0.25, 0.3) is 0 Å². The minimum absolute atomic E-state index is 0.0233. The number of Topliss-reactive ketones (excluding diaryl/α,β-unsaturated/α-hetero) is 1. The standard InChI is InChI=1S/C26H39N7O7/c1-5-8-29-22(35)16-32-11-9-27-20(32)14-31(13-19(34)26(2,3)4)15-21-28-10-12-33(21)17-23(36)30-18(25(39)40)6-7-24(37)38/h9-12,18H,5-8,13-17H2,1-4H3,(H,29,35)(H,30,36)(H,37,38)(H,39,40)/t18-/m0/s1. The second kappa shape index (κ2) is 14.9. The van der Waals surface area contributed by atoms with Crippen molar-refractivity contribution in [2.24, 2.45) is 5.41 Å². The summed E-state index contributed by atoms with van der Waals surface area (Å²) >= 11 is 0. The molecule has 0 spiro atoms. The molecular weight excluding hydrogens is 522 g/mol. The third-order valence-electron chi connectivity index (χ3n) is 6.02. The number of carboxylic acids is 2. The molecule has 2 amide bonds. The molecule has 0 aliphatic carbocycles. The highest BCUT2D eigenvalue weighted by atomic mass is 16.4. The number of rotatable bonds is 17. The first-order valence-electron chi connectivity index (χ1n) is 13.1. The molecule has 1 atom stereocenters. The minimum atomic E-state index is -1.34. The summed E-state index contributed by atoms with van der Waals surface area (Å²) in [6, 6.07) is -1.34. The number of imidazole rings is 2. The average Bonchev–Trinajstić information content (AvgIpc) is 3.48. The van der Waals surface area contributed by atoms with Crippen molar-refractivity contribution in [3.05, 3.63) is 36.4 Å². The fourth-order valence-corrected chi connectivity index (χ4v) is 3.67. The summed E-state index contributed by atoms with van der Waals surface area (Å²) in [5.41, 5.74) is -0.606. The van der Waals surface area contributed by atoms with Gasteiger partial charge in [0.05, 0.1) is 19.6 Å². The van der Waals surface area contributed by atoms with Crippen molar-refractivity contribution < 1.29 is 34.2 Å². The molecule has 2 heterocycles. The van der Waals surface area contributed by atoms with Crippen LogP contribution in [0.5, 0.6) is 0 Å². The van der Waals surface area contributed by atoms with Crippen LogP contribution in [0.2, 0.25) is 0 Å². The Balaban J connectivity index is 2.18. The highest BCUT2D eigenvalue weighted by Gasteiger charge is 2.26. The maximum absolute atomic E-state index is 12.9. The van der Waals surface area contributed by atoms with Crippen LogP contribution in [0.4, 0.5) is 0 Å². The summed E-state index contributed by atoms with van der Waals surface area (Å²) in [7, 11) is 0. The summed E-state index contributed by atoms with van der Waals surface area (Å²) in [6.07, 6.45) is 6.49. The lowest BCUT2D eigenvalue weighted by molar-refractivity contribution is -0.143. The number of nitrogens with zero attached hydrogens (tertiary/aromatic N) is 5. The van der Waals surface area contributed by atoms with Crippen molar-refractivity contribution in [3.63, 3.8) is 0 Å². The molecule has 40 heavy (non-hydrogen) atoms. The number of nitrogens with one attached hydrogen (secondary N) is 2. The van der Waals surface area contributed by atoms with Crippen molar-refractivity contribution >= 4 is 29.5 Å². The van der Waals surface area contributed by atoms with Crippen LogP contribution in [0.3, 0.4) is 0 Å². The molecule has 0 radical (unpaired) electrons. The summed E-state index contributed by atoms with van der Waals surface area (Å²) < 4.78 is 3.24. The number of carbonyl (C=O) groups excluding carboxylic acids is 3. The van der Waals surface area contributed by atoms with Gasteiger partial charge in [0, 0.05) is 43.2 Å². The van der Waals surface area contributed by atoms with Gasteiger partial charge in [0.25, 0.3) is 0 Å². The van der Waals surface area contributed by atoms with Crippen LogP contribution in [0.1, 0.15) is 58.6 Å². The van der Waals surface area contributed by atoms with Gasteiger partial charge < -0.3 is 30.0 Å². The van der Waals surface area contributed by atoms with Gasteiger partial charge >= 0.3 is 11.9 Å². The van der Waals surface area contributed by atoms with E-state index < -0.39 is 35.7 Å². The van der Waals surface area contributed by atoms with Crippen LogP contribution >= 0.6 is 0 Å². The van der Waals surface area contributed by atoms with E-state index in [2.05, 4.69) is 20.6 Å². The molecular formula is C26H39N7O7. The van der Waals surface area contributed by atoms with Gasteiger partial charge in [-0.25, -0.2) is 14.8 Å². The number of aliphatic carboxylic acids is 2. The number of carboxylic acid groups (broad SMARTS) is 2. The predicted molar refractivity (Wildman–Crippen MR) is 143 cm³/mol. The first-order valence-corrected chi connectivity index (χ1v) is 13.1. The fourth-order valence-electron chi connectivity index (χ4n) is 3.67. The Labute approximate surface area is 232 Å². The summed E-state index contributed by atoms with van der Waals surface area (Å²) in [6.45, 7) is 8.28. The lowest BCUT2D eigenvalue weighted by Crippen LogP contribution is -2.42. The number of aromatic nitrogens is 4. The first-order chi connectivity index (χ1) is 18.8. The molecule has 0 unspecified atom stereocenters. The summed E-state index contributed by atoms with van der Waals surface area (Å²) in [4.78, 5) is 70.6. The maximum atomic E-state index is 12.9. The third kappa shape index (κ3) is 10.6. The SMILES string of the molecule is CCCNC(=O)Cn1ccnc1CN(CC(=O)C(C)(C)C)Cc1nccn1CC(=O)N[C@@H](CCC(=O)O)C(=O)O. The molecule has 14 heteroatoms. The van der Waals surface area contributed by atoms with Crippen molar-refractivity contribution in [1.29, 1.82) is 0 Å². The third-order valence-corrected chi connectivity index (χ3v) is 6.02. The van der Waals surface area contributed by atoms with E-state index in [0.717, 1.165) is 6.42 Å². The number of hydrogen-bond donors (Lipinski definition) is 4. The van der Waals surface area contributed by atoms with Crippen LogP contribution in [-0.2, 0) is 50.2 Å². The topological polar surface area (TPSA) is 189 Å². The van der Waals surface area contributed by atoms with E-state index in [0.29, 0.717) is 18.2 Å². The highest BCUT2D eigenvalue weighted by molar-refractivity contribution is 5.85. The number of carbonyl (C=O) groups is 5. The van der Waals surface area contributed by atoms with Crippen LogP contribution in [-0.4, -0.2) is 82.9 Å². The van der Waals surface area contributed by atoms with E-state index in [1.807, 2.05) is 32.6 Å². The Morgan fingerprint density at radius 2 is 1.50 bits per heavy atom. The second-order valence-electron chi connectivity index (χ2n) is 10.5. The van der Waals surface area contributed by atoms with Gasteiger partial charge in [-0.15, -0.1) is 0 Å². The van der Waals surface area contributed by atoms with Gasteiger partial charge in [-0.05, 0) is 12.8 Å². The van der Waals surface area contributed by atoms with Crippen LogP contribution in [0.15, 0.2) is 24.8 Å². The Morgan fingerprint density at radius 3 is 1.98 bits per heavy atom. The van der Waals surface area contributed by atoms with Gasteiger partial charge in [-0.1, -0.05) is 27.7 Å². The Hall–Kier alpha value is -4.07. The predicted octanol–water partition coefficient (Wildman–Crippen LogP) is 0.657. The smallest absolute Gasteiger partial charge is 0.326 e. The van der Waals surface area contributed by atoms with Crippen molar-refractivity contribution in [2.75, 3.05) is 13.1 Å². The summed E-state index contributed by atoms with van der Waals surface area (Å²) in [5.74, 6) is -2.26. The quantitative estimate of drug-likeness (QED) is 0.213. The Bertz CT molecular complexity index is 1180. The van der Waals surface area contributed by atoms with E-state index in [1.54, 1.807) is 23.2 Å². The maximum Gasteiger partial charge on any atom is 0.326 e. The molecule has 2 aromatic heterocycles. The van der Waals surface area contributed by atoms with Gasteiger partial charge in [0.15, 0.2) is 5.78 Å². The zero-order valence-corrected chi connectivity index (χ0v) is 23.4. The molecule has 2 rings (SSSR count). The normalized spacial score (nSPS) is 12.2. The van der Waals surface area contributed by atoms with E-state index >= 15 is 0 Å². The first kappa shape index (κ1) is 32.1. The van der Waals surface area contributed by atoms with Crippen LogP contribution < -0.4 is 10.6 Å². The molecule has 0 saturated heterocycles. The number of hydrogen-bond acceptors (Lipinski definition) is 8. The monoisotopic (exact) mass is 561 g/mol. The molecule has 0 aliphatic rings.